The standard InChI is InChI=1S/C29H22F2N4O3S2/c30-21-9-6-16(7-10-21)18-2-1-3-20(12-18)27-23(13-19-8-11-22(40(32)38)14-24(19)31)26(17-4-5-17)34-35(27)29-33-25(15-39-29)28(36)37/h1-3,6-12,14-15,17H,4-5,13,32H2,(H,36,37). The first kappa shape index (κ1) is 26.2. The Morgan fingerprint density at radius 1 is 1.05 bits per heavy atom. The van der Waals surface area contributed by atoms with Crippen LogP contribution in [0.25, 0.3) is 27.5 Å². The third-order valence-corrected chi connectivity index (χ3v) is 8.34. The molecule has 1 aliphatic rings. The van der Waals surface area contributed by atoms with Gasteiger partial charge in [0, 0.05) is 28.8 Å². The molecule has 2 heterocycles. The lowest BCUT2D eigenvalue weighted by atomic mass is 9.95. The van der Waals surface area contributed by atoms with Crippen molar-refractivity contribution in [1.82, 2.24) is 14.8 Å². The highest BCUT2D eigenvalue weighted by Crippen LogP contribution is 2.45. The summed E-state index contributed by atoms with van der Waals surface area (Å²) in [4.78, 5) is 16.1. The molecule has 1 fully saturated rings. The van der Waals surface area contributed by atoms with Crippen LogP contribution in [-0.2, 0) is 17.4 Å². The maximum Gasteiger partial charge on any atom is 0.355 e. The molecular weight excluding hydrogens is 554 g/mol. The first-order valence-electron chi connectivity index (χ1n) is 12.4. The van der Waals surface area contributed by atoms with Crippen LogP contribution in [0.2, 0.25) is 0 Å². The van der Waals surface area contributed by atoms with E-state index in [1.165, 1.54) is 23.6 Å². The van der Waals surface area contributed by atoms with Crippen LogP contribution in [0.1, 0.15) is 46.1 Å². The molecule has 0 saturated heterocycles. The van der Waals surface area contributed by atoms with E-state index in [1.54, 1.807) is 28.9 Å². The lowest BCUT2D eigenvalue weighted by Crippen LogP contribution is -2.05. The number of nitrogens with two attached hydrogens (primary N) is 1. The Morgan fingerprint density at radius 2 is 1.80 bits per heavy atom. The molecular formula is C29H22F2N4O3S2. The molecule has 1 unspecified atom stereocenters. The number of hydrogen-bond donors (Lipinski definition) is 2. The number of nitrogens with zero attached hydrogens (tertiary/aromatic N) is 3. The summed E-state index contributed by atoms with van der Waals surface area (Å²) in [7, 11) is -1.81. The van der Waals surface area contributed by atoms with Crippen LogP contribution in [0, 0.1) is 11.6 Å². The van der Waals surface area contributed by atoms with Crippen LogP contribution < -0.4 is 5.14 Å². The quantitative estimate of drug-likeness (QED) is 0.232. The number of carbonyl (C=O) groups is 1. The van der Waals surface area contributed by atoms with Crippen molar-refractivity contribution >= 4 is 28.3 Å². The van der Waals surface area contributed by atoms with E-state index in [0.29, 0.717) is 16.4 Å². The van der Waals surface area contributed by atoms with Gasteiger partial charge in [-0.3, -0.25) is 0 Å². The predicted octanol–water partition coefficient (Wildman–Crippen LogP) is 6.09. The molecule has 3 N–H and O–H groups in total. The monoisotopic (exact) mass is 576 g/mol. The average molecular weight is 577 g/mol. The molecule has 1 atom stereocenters. The van der Waals surface area contributed by atoms with Gasteiger partial charge in [-0.05, 0) is 59.9 Å². The van der Waals surface area contributed by atoms with Crippen molar-refractivity contribution < 1.29 is 22.9 Å². The molecule has 0 aliphatic heterocycles. The van der Waals surface area contributed by atoms with Crippen molar-refractivity contribution in [2.24, 2.45) is 5.14 Å². The van der Waals surface area contributed by atoms with E-state index in [0.717, 1.165) is 52.1 Å². The van der Waals surface area contributed by atoms with Gasteiger partial charge < -0.3 is 5.11 Å². The smallest absolute Gasteiger partial charge is 0.355 e. The SMILES string of the molecule is NS(=O)c1ccc(Cc2c(C3CC3)nn(-c3nc(C(=O)O)cs3)c2-c2cccc(-c3ccc(F)cc3)c2)c(F)c1. The van der Waals surface area contributed by atoms with E-state index in [-0.39, 0.29) is 28.7 Å². The molecule has 0 spiro atoms. The van der Waals surface area contributed by atoms with Crippen LogP contribution in [0.15, 0.2) is 77.0 Å². The summed E-state index contributed by atoms with van der Waals surface area (Å²) >= 11 is 1.16. The number of carboxylic acids is 1. The van der Waals surface area contributed by atoms with Crippen molar-refractivity contribution in [3.05, 3.63) is 106 Å². The van der Waals surface area contributed by atoms with Gasteiger partial charge in [0.1, 0.15) is 22.6 Å². The number of carboxylic acid groups (broad SMARTS) is 1. The third-order valence-electron chi connectivity index (χ3n) is 6.81. The Hall–Kier alpha value is -4.06. The Kier molecular flexibility index (Phi) is 6.87. The normalized spacial score (nSPS) is 13.9. The maximum absolute atomic E-state index is 15.2. The van der Waals surface area contributed by atoms with E-state index in [1.807, 2.05) is 24.3 Å². The Balaban J connectivity index is 1.55. The molecule has 11 heteroatoms. The van der Waals surface area contributed by atoms with Gasteiger partial charge in [-0.2, -0.15) is 5.10 Å². The van der Waals surface area contributed by atoms with Crippen molar-refractivity contribution in [2.45, 2.75) is 30.1 Å². The summed E-state index contributed by atoms with van der Waals surface area (Å²) in [6.45, 7) is 0. The highest BCUT2D eigenvalue weighted by atomic mass is 32.2. The number of hydrogen-bond acceptors (Lipinski definition) is 5. The number of halogens is 2. The van der Waals surface area contributed by atoms with Gasteiger partial charge in [-0.1, -0.05) is 36.4 Å². The summed E-state index contributed by atoms with van der Waals surface area (Å²) in [6, 6.07) is 18.1. The zero-order chi connectivity index (χ0) is 28.0. The largest absolute Gasteiger partial charge is 0.476 e. The molecule has 0 bridgehead atoms. The van der Waals surface area contributed by atoms with Crippen molar-refractivity contribution in [3.63, 3.8) is 0 Å². The minimum Gasteiger partial charge on any atom is -0.476 e. The van der Waals surface area contributed by atoms with Crippen molar-refractivity contribution in [3.8, 4) is 27.5 Å². The highest BCUT2D eigenvalue weighted by Gasteiger charge is 2.33. The number of rotatable bonds is 8. The molecule has 5 aromatic rings. The van der Waals surface area contributed by atoms with Gasteiger partial charge in [0.05, 0.1) is 16.3 Å². The van der Waals surface area contributed by atoms with Crippen LogP contribution in [0.4, 0.5) is 8.78 Å². The third kappa shape index (κ3) is 5.10. The van der Waals surface area contributed by atoms with E-state index >= 15 is 4.39 Å². The van der Waals surface area contributed by atoms with Gasteiger partial charge in [-0.15, -0.1) is 11.3 Å². The van der Waals surface area contributed by atoms with Gasteiger partial charge in [-0.25, -0.2) is 32.6 Å². The molecule has 2 aromatic heterocycles. The molecule has 6 rings (SSSR count). The fraction of sp³-hybridized carbons (Fsp3) is 0.138. The van der Waals surface area contributed by atoms with Gasteiger partial charge >= 0.3 is 5.97 Å². The topological polar surface area (TPSA) is 111 Å². The van der Waals surface area contributed by atoms with Gasteiger partial charge in [0.2, 0.25) is 5.13 Å². The lowest BCUT2D eigenvalue weighted by molar-refractivity contribution is 0.0691. The van der Waals surface area contributed by atoms with E-state index in [2.05, 4.69) is 4.98 Å². The summed E-state index contributed by atoms with van der Waals surface area (Å²) in [5.41, 5.74) is 5.00. The zero-order valence-corrected chi connectivity index (χ0v) is 22.5. The van der Waals surface area contributed by atoms with Gasteiger partial charge in [0.25, 0.3) is 0 Å². The molecule has 202 valence electrons. The van der Waals surface area contributed by atoms with Crippen LogP contribution in [0.5, 0.6) is 0 Å². The fourth-order valence-electron chi connectivity index (χ4n) is 4.70. The fourth-order valence-corrected chi connectivity index (χ4v) is 5.87. The summed E-state index contributed by atoms with van der Waals surface area (Å²) in [5.74, 6) is -1.82. The summed E-state index contributed by atoms with van der Waals surface area (Å²) < 4.78 is 42.1. The minimum absolute atomic E-state index is 0.0903. The molecule has 0 radical (unpaired) electrons. The molecule has 1 saturated carbocycles. The van der Waals surface area contributed by atoms with E-state index < -0.39 is 22.8 Å². The molecule has 0 amide bonds. The highest BCUT2D eigenvalue weighted by molar-refractivity contribution is 7.82. The summed E-state index contributed by atoms with van der Waals surface area (Å²) in [6.07, 6.45) is 2.07. The number of thiazole rings is 1. The van der Waals surface area contributed by atoms with Gasteiger partial charge in [0.15, 0.2) is 5.69 Å². The number of benzene rings is 3. The Morgan fingerprint density at radius 3 is 2.45 bits per heavy atom. The maximum atomic E-state index is 15.2. The van der Waals surface area contributed by atoms with Crippen molar-refractivity contribution in [2.75, 3.05) is 0 Å². The Bertz CT molecular complexity index is 1780. The zero-order valence-electron chi connectivity index (χ0n) is 20.9. The molecule has 7 nitrogen and oxygen atoms in total. The molecule has 1 aliphatic carbocycles. The number of aromatic carboxylic acids is 1. The van der Waals surface area contributed by atoms with Crippen LogP contribution in [-0.4, -0.2) is 30.0 Å². The second-order valence-electron chi connectivity index (χ2n) is 9.53. The van der Waals surface area contributed by atoms with Crippen LogP contribution in [0.3, 0.4) is 0 Å². The first-order valence-corrected chi connectivity index (χ1v) is 14.5. The summed E-state index contributed by atoms with van der Waals surface area (Å²) in [5, 5.41) is 21.7. The second kappa shape index (κ2) is 10.5. The molecule has 40 heavy (non-hydrogen) atoms. The van der Waals surface area contributed by atoms with Crippen molar-refractivity contribution in [1.29, 1.82) is 0 Å². The van der Waals surface area contributed by atoms with E-state index in [4.69, 9.17) is 10.2 Å². The number of aromatic nitrogens is 3. The molecule has 3 aromatic carbocycles. The first-order chi connectivity index (χ1) is 19.3. The van der Waals surface area contributed by atoms with Crippen LogP contribution >= 0.6 is 11.3 Å². The predicted molar refractivity (Wildman–Crippen MR) is 149 cm³/mol. The minimum atomic E-state index is -1.81. The second-order valence-corrected chi connectivity index (χ2v) is 11.4. The average Bonchev–Trinajstić information content (AvgIpc) is 3.53. The lowest BCUT2D eigenvalue weighted by Gasteiger charge is -2.12. The Labute approximate surface area is 234 Å². The van der Waals surface area contributed by atoms with E-state index in [9.17, 15) is 18.5 Å².